The molecule has 0 aliphatic rings. The molecule has 0 aliphatic heterocycles. The van der Waals surface area contributed by atoms with E-state index < -0.39 is 29.0 Å². The Morgan fingerprint density at radius 2 is 1.68 bits per heavy atom. The molecule has 4 amide bonds. The lowest BCUT2D eigenvalue weighted by molar-refractivity contribution is -0.163. The summed E-state index contributed by atoms with van der Waals surface area (Å²) in [5.41, 5.74) is 1.34. The van der Waals surface area contributed by atoms with Crippen LogP contribution in [0.25, 0.3) is 0 Å². The topological polar surface area (TPSA) is 88.2 Å². The molecule has 1 N–H and O–H groups in total. The van der Waals surface area contributed by atoms with Crippen LogP contribution in [0.3, 0.4) is 0 Å². The third kappa shape index (κ3) is 7.97. The molecule has 0 saturated carbocycles. The van der Waals surface area contributed by atoms with Crippen molar-refractivity contribution in [3.8, 4) is 5.75 Å². The molecule has 0 spiro atoms. The number of alkyl halides is 4. The molecule has 0 saturated heterocycles. The SMILES string of the molecule is CCCN(C(=O)ON(C(=O)Nc1ccc(OC(F)(F)C(Cl)Cl)cc1)C(=O)c1ccccc1Cl)c1cccc(C)c1. The number of halogens is 5. The van der Waals surface area contributed by atoms with Crippen molar-refractivity contribution in [2.75, 3.05) is 16.8 Å². The van der Waals surface area contributed by atoms with Crippen LogP contribution in [0.1, 0.15) is 29.3 Å². The molecule has 13 heteroatoms. The van der Waals surface area contributed by atoms with E-state index in [-0.39, 0.29) is 33.6 Å². The first-order chi connectivity index (χ1) is 18.9. The first-order valence-corrected chi connectivity index (χ1v) is 13.1. The standard InChI is InChI=1S/C27H24Cl3F2N3O5/c1-3-15-34(19-8-6-7-17(2)16-19)26(38)40-35(23(36)21-9-4-5-10-22(21)28)25(37)33-18-11-13-20(14-12-18)39-27(31,32)24(29)30/h4-14,16,24H,3,15H2,1-2H3,(H,33,37). The number of hydroxylamine groups is 2. The number of nitrogens with one attached hydrogen (secondary N) is 1. The summed E-state index contributed by atoms with van der Waals surface area (Å²) in [7, 11) is 0. The predicted octanol–water partition coefficient (Wildman–Crippen LogP) is 8.07. The fourth-order valence-electron chi connectivity index (χ4n) is 3.37. The minimum Gasteiger partial charge on any atom is -0.431 e. The molecule has 0 fully saturated rings. The molecular weight excluding hydrogens is 591 g/mol. The van der Waals surface area contributed by atoms with Crippen molar-refractivity contribution in [1.29, 1.82) is 0 Å². The molecule has 3 aromatic carbocycles. The number of nitrogens with zero attached hydrogens (tertiary/aromatic N) is 2. The van der Waals surface area contributed by atoms with Gasteiger partial charge in [-0.05, 0) is 67.4 Å². The van der Waals surface area contributed by atoms with Crippen LogP contribution in [-0.4, -0.2) is 40.6 Å². The monoisotopic (exact) mass is 613 g/mol. The molecule has 0 radical (unpaired) electrons. The number of ether oxygens (including phenoxy) is 1. The van der Waals surface area contributed by atoms with Gasteiger partial charge in [0.05, 0.1) is 10.6 Å². The van der Waals surface area contributed by atoms with Gasteiger partial charge in [0.2, 0.25) is 4.84 Å². The van der Waals surface area contributed by atoms with Crippen LogP contribution in [0.5, 0.6) is 5.75 Å². The third-order valence-corrected chi connectivity index (χ3v) is 6.07. The molecule has 0 aromatic heterocycles. The average Bonchev–Trinajstić information content (AvgIpc) is 2.91. The molecule has 3 aromatic rings. The Morgan fingerprint density at radius 3 is 2.27 bits per heavy atom. The molecule has 0 aliphatic carbocycles. The number of anilines is 2. The highest BCUT2D eigenvalue weighted by Gasteiger charge is 2.40. The summed E-state index contributed by atoms with van der Waals surface area (Å²) in [5.74, 6) is -1.31. The lowest BCUT2D eigenvalue weighted by Crippen LogP contribution is -2.45. The van der Waals surface area contributed by atoms with Crippen LogP contribution < -0.4 is 15.0 Å². The van der Waals surface area contributed by atoms with E-state index in [1.807, 2.05) is 19.9 Å². The maximum absolute atomic E-state index is 13.7. The maximum Gasteiger partial charge on any atom is 0.439 e. The van der Waals surface area contributed by atoms with E-state index in [9.17, 15) is 23.2 Å². The zero-order valence-electron chi connectivity index (χ0n) is 21.2. The van der Waals surface area contributed by atoms with E-state index >= 15 is 0 Å². The molecule has 0 atom stereocenters. The second-order valence-corrected chi connectivity index (χ2v) is 9.85. The minimum atomic E-state index is -3.86. The molecule has 8 nitrogen and oxygen atoms in total. The largest absolute Gasteiger partial charge is 0.439 e. The van der Waals surface area contributed by atoms with E-state index in [1.165, 1.54) is 35.2 Å². The Hall–Kier alpha value is -3.60. The molecule has 3 rings (SSSR count). The highest BCUT2D eigenvalue weighted by Crippen LogP contribution is 2.31. The van der Waals surface area contributed by atoms with E-state index in [1.54, 1.807) is 24.3 Å². The quantitative estimate of drug-likeness (QED) is 0.205. The second kappa shape index (κ2) is 13.6. The minimum absolute atomic E-state index is 0.0183. The molecule has 212 valence electrons. The van der Waals surface area contributed by atoms with E-state index in [4.69, 9.17) is 39.6 Å². The predicted molar refractivity (Wildman–Crippen MR) is 149 cm³/mol. The third-order valence-electron chi connectivity index (χ3n) is 5.24. The molecule has 40 heavy (non-hydrogen) atoms. The van der Waals surface area contributed by atoms with Crippen LogP contribution >= 0.6 is 34.8 Å². The number of urea groups is 1. The summed E-state index contributed by atoms with van der Waals surface area (Å²) in [6.45, 7) is 3.93. The number of aryl methyl sites for hydroxylation is 1. The van der Waals surface area contributed by atoms with Crippen molar-refractivity contribution in [3.63, 3.8) is 0 Å². The normalized spacial score (nSPS) is 11.1. The maximum atomic E-state index is 13.7. The van der Waals surface area contributed by atoms with Crippen LogP contribution in [0.2, 0.25) is 5.02 Å². The first-order valence-electron chi connectivity index (χ1n) is 11.8. The number of amides is 4. The van der Waals surface area contributed by atoms with Crippen molar-refractivity contribution in [2.45, 2.75) is 31.2 Å². The van der Waals surface area contributed by atoms with Crippen molar-refractivity contribution >= 4 is 64.2 Å². The summed E-state index contributed by atoms with van der Waals surface area (Å²) in [6.07, 6.45) is -4.30. The number of imide groups is 1. The van der Waals surface area contributed by atoms with Crippen molar-refractivity contribution in [1.82, 2.24) is 5.06 Å². The van der Waals surface area contributed by atoms with Gasteiger partial charge in [-0.15, -0.1) is 0 Å². The summed E-state index contributed by atoms with van der Waals surface area (Å²) < 4.78 is 31.8. The van der Waals surface area contributed by atoms with Gasteiger partial charge in [0.1, 0.15) is 5.75 Å². The van der Waals surface area contributed by atoms with Crippen molar-refractivity contribution in [2.24, 2.45) is 0 Å². The van der Waals surface area contributed by atoms with E-state index in [2.05, 4.69) is 10.1 Å². The zero-order chi connectivity index (χ0) is 29.4. The van der Waals surface area contributed by atoms with Crippen molar-refractivity contribution in [3.05, 3.63) is 88.9 Å². The number of benzene rings is 3. The summed E-state index contributed by atoms with van der Waals surface area (Å²) in [6, 6.07) is 16.5. The lowest BCUT2D eigenvalue weighted by atomic mass is 10.2. The Kier molecular flexibility index (Phi) is 10.6. The number of carbonyl (C=O) groups excluding carboxylic acids is 3. The van der Waals surface area contributed by atoms with Gasteiger partial charge in [-0.2, -0.15) is 8.78 Å². The van der Waals surface area contributed by atoms with E-state index in [0.717, 1.165) is 17.7 Å². The van der Waals surface area contributed by atoms with Crippen LogP contribution in [0.4, 0.5) is 29.7 Å². The number of hydrogen-bond acceptors (Lipinski definition) is 5. The summed E-state index contributed by atoms with van der Waals surface area (Å²) in [4.78, 5) is 44.3. The zero-order valence-corrected chi connectivity index (χ0v) is 23.5. The van der Waals surface area contributed by atoms with Gasteiger partial charge in [-0.3, -0.25) is 9.69 Å². The first kappa shape index (κ1) is 30.9. The van der Waals surface area contributed by atoms with Gasteiger partial charge in [-0.25, -0.2) is 9.59 Å². The van der Waals surface area contributed by atoms with Gasteiger partial charge in [0, 0.05) is 17.9 Å². The average molecular weight is 615 g/mol. The Morgan fingerprint density at radius 1 is 1.00 bits per heavy atom. The van der Waals surface area contributed by atoms with Gasteiger partial charge in [0.15, 0.2) is 0 Å². The second-order valence-electron chi connectivity index (χ2n) is 8.35. The molecule has 0 unspecified atom stereocenters. The number of rotatable bonds is 8. The Balaban J connectivity index is 1.87. The fraction of sp³-hybridized carbons (Fsp3) is 0.222. The van der Waals surface area contributed by atoms with Crippen molar-refractivity contribution < 1.29 is 32.7 Å². The van der Waals surface area contributed by atoms with E-state index in [0.29, 0.717) is 12.1 Å². The molecule has 0 heterocycles. The number of carbonyl (C=O) groups is 3. The van der Waals surface area contributed by atoms with Crippen LogP contribution in [0, 0.1) is 6.92 Å². The van der Waals surface area contributed by atoms with Gasteiger partial charge in [0.25, 0.3) is 5.91 Å². The highest BCUT2D eigenvalue weighted by atomic mass is 35.5. The molecule has 0 bridgehead atoms. The molecular formula is C27H24Cl3F2N3O5. The van der Waals surface area contributed by atoms with Crippen LogP contribution in [0.15, 0.2) is 72.8 Å². The summed E-state index contributed by atoms with van der Waals surface area (Å²) in [5, 5.41) is 2.64. The number of hydrogen-bond donors (Lipinski definition) is 1. The van der Waals surface area contributed by atoms with Gasteiger partial charge >= 0.3 is 18.2 Å². The Bertz CT molecular complexity index is 1360. The lowest BCUT2D eigenvalue weighted by Gasteiger charge is -2.26. The smallest absolute Gasteiger partial charge is 0.431 e. The van der Waals surface area contributed by atoms with Gasteiger partial charge < -0.3 is 14.9 Å². The Labute approximate surface area is 244 Å². The van der Waals surface area contributed by atoms with Gasteiger partial charge in [-0.1, -0.05) is 71.1 Å². The highest BCUT2D eigenvalue weighted by molar-refractivity contribution is 6.44. The van der Waals surface area contributed by atoms with Crippen LogP contribution in [-0.2, 0) is 4.84 Å². The fourth-order valence-corrected chi connectivity index (χ4v) is 3.68. The summed E-state index contributed by atoms with van der Waals surface area (Å²) >= 11 is 16.6.